The van der Waals surface area contributed by atoms with Gasteiger partial charge in [-0.3, -0.25) is 9.89 Å². The number of nitrogens with one attached hydrogen (secondary N) is 2. The molecule has 0 aliphatic heterocycles. The molecule has 0 saturated carbocycles. The van der Waals surface area contributed by atoms with Gasteiger partial charge in [-0.2, -0.15) is 0 Å². The SMILES string of the molecule is CNC(CCSc1n[nH]c(C)n1)C(=O)O. The van der Waals surface area contributed by atoms with E-state index in [0.29, 0.717) is 17.3 Å². The number of aromatic nitrogens is 3. The predicted molar refractivity (Wildman–Crippen MR) is 56.9 cm³/mol. The van der Waals surface area contributed by atoms with Crippen molar-refractivity contribution >= 4 is 17.7 Å². The highest BCUT2D eigenvalue weighted by Gasteiger charge is 2.14. The number of carboxylic acids is 1. The van der Waals surface area contributed by atoms with Gasteiger partial charge in [-0.1, -0.05) is 11.8 Å². The Labute approximate surface area is 91.9 Å². The molecule has 84 valence electrons. The Morgan fingerprint density at radius 2 is 2.47 bits per heavy atom. The molecule has 0 aromatic carbocycles. The predicted octanol–water partition coefficient (Wildman–Crippen LogP) is 0.268. The molecular weight excluding hydrogens is 216 g/mol. The lowest BCUT2D eigenvalue weighted by Gasteiger charge is -2.08. The summed E-state index contributed by atoms with van der Waals surface area (Å²) < 4.78 is 0. The third-order valence-corrected chi connectivity index (χ3v) is 2.74. The van der Waals surface area contributed by atoms with Crippen LogP contribution in [0.2, 0.25) is 0 Å². The number of rotatable bonds is 6. The number of carbonyl (C=O) groups is 1. The van der Waals surface area contributed by atoms with E-state index in [1.165, 1.54) is 11.8 Å². The molecule has 3 N–H and O–H groups in total. The van der Waals surface area contributed by atoms with Crippen molar-refractivity contribution in [1.82, 2.24) is 20.5 Å². The number of aliphatic carboxylic acids is 1. The zero-order valence-electron chi connectivity index (χ0n) is 8.65. The van der Waals surface area contributed by atoms with Crippen molar-refractivity contribution in [3.8, 4) is 0 Å². The van der Waals surface area contributed by atoms with Crippen LogP contribution < -0.4 is 5.32 Å². The van der Waals surface area contributed by atoms with Gasteiger partial charge in [0.1, 0.15) is 11.9 Å². The summed E-state index contributed by atoms with van der Waals surface area (Å²) >= 11 is 1.45. The fraction of sp³-hybridized carbons (Fsp3) is 0.625. The van der Waals surface area contributed by atoms with Crippen LogP contribution in [0.15, 0.2) is 5.16 Å². The maximum absolute atomic E-state index is 10.7. The summed E-state index contributed by atoms with van der Waals surface area (Å²) in [7, 11) is 1.64. The lowest BCUT2D eigenvalue weighted by Crippen LogP contribution is -2.34. The highest BCUT2D eigenvalue weighted by atomic mass is 32.2. The van der Waals surface area contributed by atoms with Crippen molar-refractivity contribution in [3.05, 3.63) is 5.82 Å². The first kappa shape index (κ1) is 12.0. The number of hydrogen-bond donors (Lipinski definition) is 3. The van der Waals surface area contributed by atoms with E-state index in [1.54, 1.807) is 7.05 Å². The molecule has 0 spiro atoms. The normalized spacial score (nSPS) is 12.7. The summed E-state index contributed by atoms with van der Waals surface area (Å²) in [5, 5.41) is 18.8. The number of thioether (sulfide) groups is 1. The van der Waals surface area contributed by atoms with Crippen molar-refractivity contribution in [2.45, 2.75) is 24.5 Å². The van der Waals surface area contributed by atoms with Crippen LogP contribution in [0, 0.1) is 6.92 Å². The summed E-state index contributed by atoms with van der Waals surface area (Å²) in [4.78, 5) is 14.8. The molecule has 0 bridgehead atoms. The van der Waals surface area contributed by atoms with Crippen LogP contribution in [0.3, 0.4) is 0 Å². The maximum atomic E-state index is 10.7. The van der Waals surface area contributed by atoms with Crippen molar-refractivity contribution in [2.75, 3.05) is 12.8 Å². The highest BCUT2D eigenvalue weighted by molar-refractivity contribution is 7.99. The van der Waals surface area contributed by atoms with E-state index < -0.39 is 12.0 Å². The number of likely N-dealkylation sites (N-methyl/N-ethyl adjacent to an activating group) is 1. The minimum absolute atomic E-state index is 0.502. The van der Waals surface area contributed by atoms with Gasteiger partial charge < -0.3 is 10.4 Å². The Morgan fingerprint density at radius 1 is 1.73 bits per heavy atom. The van der Waals surface area contributed by atoms with E-state index in [0.717, 1.165) is 5.82 Å². The van der Waals surface area contributed by atoms with Gasteiger partial charge in [-0.05, 0) is 20.4 Å². The number of hydrogen-bond acceptors (Lipinski definition) is 5. The number of aromatic amines is 1. The lowest BCUT2D eigenvalue weighted by atomic mass is 10.2. The van der Waals surface area contributed by atoms with Crippen LogP contribution in [-0.4, -0.2) is 45.1 Å². The Morgan fingerprint density at radius 3 is 2.93 bits per heavy atom. The van der Waals surface area contributed by atoms with E-state index in [2.05, 4.69) is 20.5 Å². The van der Waals surface area contributed by atoms with Crippen LogP contribution >= 0.6 is 11.8 Å². The molecule has 0 radical (unpaired) electrons. The Balaban J connectivity index is 2.29. The van der Waals surface area contributed by atoms with E-state index in [-0.39, 0.29) is 0 Å². The number of nitrogens with zero attached hydrogens (tertiary/aromatic N) is 2. The zero-order chi connectivity index (χ0) is 11.3. The lowest BCUT2D eigenvalue weighted by molar-refractivity contribution is -0.139. The summed E-state index contributed by atoms with van der Waals surface area (Å²) in [6.07, 6.45) is 0.546. The van der Waals surface area contributed by atoms with E-state index >= 15 is 0 Å². The van der Waals surface area contributed by atoms with Gasteiger partial charge in [0.2, 0.25) is 5.16 Å². The fourth-order valence-corrected chi connectivity index (χ4v) is 1.89. The molecule has 6 nitrogen and oxygen atoms in total. The molecule has 0 fully saturated rings. The van der Waals surface area contributed by atoms with E-state index in [1.807, 2.05) is 6.92 Å². The minimum atomic E-state index is -0.829. The van der Waals surface area contributed by atoms with Gasteiger partial charge in [-0.25, -0.2) is 4.98 Å². The summed E-state index contributed by atoms with van der Waals surface area (Å²) in [5.74, 6) is 0.611. The largest absolute Gasteiger partial charge is 0.480 e. The molecule has 0 amide bonds. The second-order valence-electron chi connectivity index (χ2n) is 3.02. The van der Waals surface area contributed by atoms with Crippen molar-refractivity contribution in [3.63, 3.8) is 0 Å². The topological polar surface area (TPSA) is 90.9 Å². The van der Waals surface area contributed by atoms with Gasteiger partial charge in [0.25, 0.3) is 0 Å². The number of carboxylic acid groups (broad SMARTS) is 1. The molecule has 1 aromatic heterocycles. The average molecular weight is 230 g/mol. The smallest absolute Gasteiger partial charge is 0.320 e. The van der Waals surface area contributed by atoms with Crippen LogP contribution in [0.4, 0.5) is 0 Å². The van der Waals surface area contributed by atoms with E-state index in [4.69, 9.17) is 5.11 Å². The molecule has 15 heavy (non-hydrogen) atoms. The standard InChI is InChI=1S/C8H14N4O2S/c1-5-10-8(12-11-5)15-4-3-6(9-2)7(13)14/h6,9H,3-4H2,1-2H3,(H,13,14)(H,10,11,12). The molecule has 1 aromatic rings. The number of H-pyrrole nitrogens is 1. The third-order valence-electron chi connectivity index (χ3n) is 1.86. The van der Waals surface area contributed by atoms with Crippen LogP contribution in [0.5, 0.6) is 0 Å². The molecule has 1 unspecified atom stereocenters. The zero-order valence-corrected chi connectivity index (χ0v) is 9.47. The summed E-state index contributed by atoms with van der Waals surface area (Å²) in [6.45, 7) is 1.82. The highest BCUT2D eigenvalue weighted by Crippen LogP contribution is 2.13. The Bertz CT molecular complexity index is 328. The van der Waals surface area contributed by atoms with E-state index in [9.17, 15) is 4.79 Å². The van der Waals surface area contributed by atoms with Crippen molar-refractivity contribution in [2.24, 2.45) is 0 Å². The molecule has 0 saturated heterocycles. The fourth-order valence-electron chi connectivity index (χ4n) is 1.05. The number of aryl methyl sites for hydroxylation is 1. The van der Waals surface area contributed by atoms with Gasteiger partial charge in [0.15, 0.2) is 0 Å². The second-order valence-corrected chi connectivity index (χ2v) is 4.08. The van der Waals surface area contributed by atoms with Crippen LogP contribution in [0.1, 0.15) is 12.2 Å². The molecule has 0 aliphatic carbocycles. The molecule has 0 aliphatic rings. The molecule has 7 heteroatoms. The third kappa shape index (κ3) is 3.88. The van der Waals surface area contributed by atoms with Gasteiger partial charge in [0, 0.05) is 5.75 Å². The first-order valence-electron chi connectivity index (χ1n) is 4.55. The summed E-state index contributed by atoms with van der Waals surface area (Å²) in [5.41, 5.74) is 0. The van der Waals surface area contributed by atoms with Crippen LogP contribution in [0.25, 0.3) is 0 Å². The first-order valence-corrected chi connectivity index (χ1v) is 5.54. The molecule has 1 rings (SSSR count). The van der Waals surface area contributed by atoms with Gasteiger partial charge in [0.05, 0.1) is 0 Å². The molecular formula is C8H14N4O2S. The Kier molecular flexibility index (Phi) is 4.57. The Hall–Kier alpha value is -1.08. The van der Waals surface area contributed by atoms with Crippen molar-refractivity contribution in [1.29, 1.82) is 0 Å². The maximum Gasteiger partial charge on any atom is 0.320 e. The van der Waals surface area contributed by atoms with Gasteiger partial charge in [-0.15, -0.1) is 5.10 Å². The molecule has 1 atom stereocenters. The minimum Gasteiger partial charge on any atom is -0.480 e. The van der Waals surface area contributed by atoms with Crippen LogP contribution in [-0.2, 0) is 4.79 Å². The quantitative estimate of drug-likeness (QED) is 0.608. The van der Waals surface area contributed by atoms with Gasteiger partial charge >= 0.3 is 5.97 Å². The second kappa shape index (κ2) is 5.72. The molecule has 1 heterocycles. The first-order chi connectivity index (χ1) is 7.13. The average Bonchev–Trinajstić information content (AvgIpc) is 2.58. The summed E-state index contributed by atoms with van der Waals surface area (Å²) in [6, 6.07) is -0.502. The monoisotopic (exact) mass is 230 g/mol. The van der Waals surface area contributed by atoms with Crippen molar-refractivity contribution < 1.29 is 9.90 Å².